The van der Waals surface area contributed by atoms with E-state index in [-0.39, 0.29) is 6.04 Å². The summed E-state index contributed by atoms with van der Waals surface area (Å²) in [6, 6.07) is 0.0749. The van der Waals surface area contributed by atoms with Gasteiger partial charge in [0.1, 0.15) is 23.7 Å². The predicted molar refractivity (Wildman–Crippen MR) is 83.6 cm³/mol. The second-order valence-electron chi connectivity index (χ2n) is 5.04. The first-order valence-electron chi connectivity index (χ1n) is 7.35. The second kappa shape index (κ2) is 6.56. The lowest BCUT2D eigenvalue weighted by Gasteiger charge is -2.18. The molecule has 2 N–H and O–H groups in total. The number of anilines is 2. The number of aryl methyl sites for hydroxylation is 2. The summed E-state index contributed by atoms with van der Waals surface area (Å²) in [5, 5.41) is 10.7. The Balaban J connectivity index is 2.29. The van der Waals surface area contributed by atoms with Crippen LogP contribution in [0.25, 0.3) is 0 Å². The molecule has 0 aliphatic heterocycles. The first-order chi connectivity index (χ1) is 10.1. The van der Waals surface area contributed by atoms with Crippen molar-refractivity contribution in [3.63, 3.8) is 0 Å². The van der Waals surface area contributed by atoms with E-state index >= 15 is 0 Å². The van der Waals surface area contributed by atoms with E-state index in [1.165, 1.54) is 0 Å². The first kappa shape index (κ1) is 15.3. The third kappa shape index (κ3) is 3.15. The van der Waals surface area contributed by atoms with Crippen LogP contribution in [0.4, 0.5) is 11.6 Å². The number of hydrogen-bond donors (Lipinski definition) is 2. The summed E-state index contributed by atoms with van der Waals surface area (Å²) in [6.07, 6.45) is 2.44. The maximum atomic E-state index is 5.24. The van der Waals surface area contributed by atoms with Crippen LogP contribution in [0.5, 0.6) is 0 Å². The lowest BCUT2D eigenvalue weighted by atomic mass is 10.1. The summed E-state index contributed by atoms with van der Waals surface area (Å²) < 4.78 is 5.24. The molecule has 2 aromatic heterocycles. The molecule has 0 spiro atoms. The molecular weight excluding hydrogens is 266 g/mol. The lowest BCUT2D eigenvalue weighted by molar-refractivity contribution is 0.392. The fraction of sp³-hybridized carbons (Fsp3) is 0.533. The Labute approximate surface area is 125 Å². The molecule has 0 saturated carbocycles. The van der Waals surface area contributed by atoms with Crippen molar-refractivity contribution in [1.82, 2.24) is 15.1 Å². The van der Waals surface area contributed by atoms with Crippen molar-refractivity contribution in [2.24, 2.45) is 0 Å². The fourth-order valence-corrected chi connectivity index (χ4v) is 2.58. The predicted octanol–water partition coefficient (Wildman–Crippen LogP) is 3.25. The number of hydrogen-bond acceptors (Lipinski definition) is 6. The summed E-state index contributed by atoms with van der Waals surface area (Å²) in [4.78, 5) is 8.70. The molecule has 21 heavy (non-hydrogen) atoms. The van der Waals surface area contributed by atoms with E-state index in [2.05, 4.69) is 46.5 Å². The zero-order chi connectivity index (χ0) is 15.4. The maximum Gasteiger partial charge on any atom is 0.139 e. The van der Waals surface area contributed by atoms with Gasteiger partial charge < -0.3 is 15.2 Å². The largest absolute Gasteiger partial charge is 0.370 e. The highest BCUT2D eigenvalue weighted by Crippen LogP contribution is 2.27. The number of nitrogens with zero attached hydrogens (tertiary/aromatic N) is 3. The minimum Gasteiger partial charge on any atom is -0.370 e. The average molecular weight is 289 g/mol. The van der Waals surface area contributed by atoms with Crippen LogP contribution in [-0.4, -0.2) is 21.7 Å². The molecule has 0 amide bonds. The molecule has 1 atom stereocenters. The Bertz CT molecular complexity index is 589. The van der Waals surface area contributed by atoms with E-state index in [9.17, 15) is 0 Å². The number of rotatable bonds is 6. The fourth-order valence-electron chi connectivity index (χ4n) is 2.58. The topological polar surface area (TPSA) is 75.9 Å². The van der Waals surface area contributed by atoms with Crippen LogP contribution in [0, 0.1) is 13.8 Å². The highest BCUT2D eigenvalue weighted by molar-refractivity contribution is 5.58. The summed E-state index contributed by atoms with van der Waals surface area (Å²) in [5.41, 5.74) is 3.09. The van der Waals surface area contributed by atoms with Gasteiger partial charge in [0.2, 0.25) is 0 Å². The van der Waals surface area contributed by atoms with Crippen LogP contribution >= 0.6 is 0 Å². The molecule has 2 heterocycles. The van der Waals surface area contributed by atoms with Gasteiger partial charge in [-0.15, -0.1) is 0 Å². The first-order valence-corrected chi connectivity index (χ1v) is 7.35. The molecule has 0 bridgehead atoms. The van der Waals surface area contributed by atoms with Crippen molar-refractivity contribution < 1.29 is 4.52 Å². The molecule has 6 heteroatoms. The van der Waals surface area contributed by atoms with Gasteiger partial charge in [0, 0.05) is 17.7 Å². The molecule has 0 fully saturated rings. The van der Waals surface area contributed by atoms with Gasteiger partial charge >= 0.3 is 0 Å². The van der Waals surface area contributed by atoms with Crippen LogP contribution in [0.3, 0.4) is 0 Å². The van der Waals surface area contributed by atoms with Gasteiger partial charge in [-0.1, -0.05) is 12.1 Å². The quantitative estimate of drug-likeness (QED) is 0.850. The lowest BCUT2D eigenvalue weighted by Crippen LogP contribution is -2.13. The highest BCUT2D eigenvalue weighted by atomic mass is 16.5. The van der Waals surface area contributed by atoms with E-state index in [1.54, 1.807) is 6.33 Å². The van der Waals surface area contributed by atoms with Gasteiger partial charge in [-0.3, -0.25) is 0 Å². The Kier molecular flexibility index (Phi) is 4.77. The standard InChI is InChI=1S/C15H23N5O/c1-6-12-14(16-7-2)17-8-18-15(12)19-9(3)13-10(4)20-21-11(13)5/h8-9H,6-7H2,1-5H3,(H2,16,17,18,19). The van der Waals surface area contributed by atoms with Gasteiger partial charge in [0.05, 0.1) is 11.7 Å². The van der Waals surface area contributed by atoms with Crippen LogP contribution in [0.15, 0.2) is 10.9 Å². The van der Waals surface area contributed by atoms with Crippen molar-refractivity contribution in [2.45, 2.75) is 47.1 Å². The van der Waals surface area contributed by atoms with Crippen molar-refractivity contribution in [1.29, 1.82) is 0 Å². The molecule has 2 aromatic rings. The number of aromatic nitrogens is 3. The van der Waals surface area contributed by atoms with E-state index in [0.29, 0.717) is 0 Å². The average Bonchev–Trinajstić information content (AvgIpc) is 2.79. The zero-order valence-corrected chi connectivity index (χ0v) is 13.3. The second-order valence-corrected chi connectivity index (χ2v) is 5.04. The van der Waals surface area contributed by atoms with Gasteiger partial charge in [-0.05, 0) is 34.1 Å². The van der Waals surface area contributed by atoms with Gasteiger partial charge in [0.15, 0.2) is 0 Å². The van der Waals surface area contributed by atoms with Crippen molar-refractivity contribution in [3.05, 3.63) is 28.9 Å². The van der Waals surface area contributed by atoms with E-state index in [1.807, 2.05) is 13.8 Å². The van der Waals surface area contributed by atoms with Crippen LogP contribution in [0.1, 0.15) is 49.4 Å². The molecule has 0 aliphatic rings. The van der Waals surface area contributed by atoms with Crippen molar-refractivity contribution in [2.75, 3.05) is 17.2 Å². The molecule has 114 valence electrons. The smallest absolute Gasteiger partial charge is 0.139 e. The third-order valence-corrected chi connectivity index (χ3v) is 3.52. The molecule has 2 rings (SSSR count). The Morgan fingerprint density at radius 2 is 1.90 bits per heavy atom. The number of nitrogens with one attached hydrogen (secondary N) is 2. The summed E-state index contributed by atoms with van der Waals surface area (Å²) in [5.74, 6) is 2.59. The van der Waals surface area contributed by atoms with Crippen molar-refractivity contribution in [3.8, 4) is 0 Å². The molecular formula is C15H23N5O. The van der Waals surface area contributed by atoms with Crippen LogP contribution in [-0.2, 0) is 6.42 Å². The molecule has 0 aromatic carbocycles. The Hall–Kier alpha value is -2.11. The van der Waals surface area contributed by atoms with Gasteiger partial charge in [-0.2, -0.15) is 0 Å². The zero-order valence-electron chi connectivity index (χ0n) is 13.3. The SMILES string of the molecule is CCNc1ncnc(NC(C)c2c(C)noc2C)c1CC. The summed E-state index contributed by atoms with van der Waals surface area (Å²) >= 11 is 0. The highest BCUT2D eigenvalue weighted by Gasteiger charge is 2.18. The molecule has 0 saturated heterocycles. The van der Waals surface area contributed by atoms with Gasteiger partial charge in [-0.25, -0.2) is 9.97 Å². The van der Waals surface area contributed by atoms with Crippen LogP contribution in [0.2, 0.25) is 0 Å². The summed E-state index contributed by atoms with van der Waals surface area (Å²) in [7, 11) is 0. The van der Waals surface area contributed by atoms with E-state index in [4.69, 9.17) is 4.52 Å². The summed E-state index contributed by atoms with van der Waals surface area (Å²) in [6.45, 7) is 11.0. The molecule has 1 unspecified atom stereocenters. The molecule has 6 nitrogen and oxygen atoms in total. The van der Waals surface area contributed by atoms with E-state index in [0.717, 1.165) is 47.2 Å². The Morgan fingerprint density at radius 1 is 1.19 bits per heavy atom. The minimum absolute atomic E-state index is 0.0749. The van der Waals surface area contributed by atoms with Gasteiger partial charge in [0.25, 0.3) is 0 Å². The van der Waals surface area contributed by atoms with Crippen molar-refractivity contribution >= 4 is 11.6 Å². The normalized spacial score (nSPS) is 12.2. The van der Waals surface area contributed by atoms with E-state index < -0.39 is 0 Å². The van der Waals surface area contributed by atoms with Crippen LogP contribution < -0.4 is 10.6 Å². The monoisotopic (exact) mass is 289 g/mol. The third-order valence-electron chi connectivity index (χ3n) is 3.52. The molecule has 0 radical (unpaired) electrons. The molecule has 0 aliphatic carbocycles. The minimum atomic E-state index is 0.0749. The Morgan fingerprint density at radius 3 is 2.48 bits per heavy atom. The maximum absolute atomic E-state index is 5.24.